The molecule has 0 saturated carbocycles. The number of nitrogens with one attached hydrogen (secondary N) is 1. The van der Waals surface area contributed by atoms with Crippen molar-refractivity contribution in [2.45, 2.75) is 32.5 Å². The molecule has 1 fully saturated rings. The van der Waals surface area contributed by atoms with Crippen molar-refractivity contribution in [1.82, 2.24) is 10.2 Å². The Hall–Kier alpha value is -1.39. The molecule has 1 aromatic carbocycles. The van der Waals surface area contributed by atoms with Crippen molar-refractivity contribution in [3.05, 3.63) is 35.4 Å². The molecule has 2 rings (SSSR count). The zero-order valence-corrected chi connectivity index (χ0v) is 11.8. The van der Waals surface area contributed by atoms with E-state index in [-0.39, 0.29) is 11.9 Å². The third-order valence-corrected chi connectivity index (χ3v) is 3.78. The van der Waals surface area contributed by atoms with Crippen molar-refractivity contribution in [1.29, 1.82) is 0 Å². The van der Waals surface area contributed by atoms with Gasteiger partial charge in [0.15, 0.2) is 0 Å². The summed E-state index contributed by atoms with van der Waals surface area (Å²) in [5.41, 5.74) is 1.78. The number of carbonyl (C=O) groups is 1. The van der Waals surface area contributed by atoms with Gasteiger partial charge in [-0.1, -0.05) is 12.1 Å². The summed E-state index contributed by atoms with van der Waals surface area (Å²) in [6, 6.07) is 8.24. The smallest absolute Gasteiger partial charge is 0.254 e. The van der Waals surface area contributed by atoms with Gasteiger partial charge >= 0.3 is 0 Å². The second kappa shape index (κ2) is 6.17. The normalized spacial score (nSPS) is 23.4. The summed E-state index contributed by atoms with van der Waals surface area (Å²) in [5.74, 6) is 0.110. The number of carbonyl (C=O) groups excluding carboxylic acids is 1. The summed E-state index contributed by atoms with van der Waals surface area (Å²) in [4.78, 5) is 14.5. The summed E-state index contributed by atoms with van der Waals surface area (Å²) in [5, 5.41) is 3.39. The van der Waals surface area contributed by atoms with Gasteiger partial charge in [0, 0.05) is 37.8 Å². The number of methoxy groups -OCH3 is 1. The first kappa shape index (κ1) is 14.0. The Labute approximate surface area is 114 Å². The van der Waals surface area contributed by atoms with Crippen molar-refractivity contribution in [2.75, 3.05) is 20.2 Å². The average Bonchev–Trinajstić information content (AvgIpc) is 2.42. The first-order chi connectivity index (χ1) is 9.13. The van der Waals surface area contributed by atoms with Crippen LogP contribution in [0.25, 0.3) is 0 Å². The van der Waals surface area contributed by atoms with Crippen LogP contribution < -0.4 is 5.32 Å². The monoisotopic (exact) mass is 262 g/mol. The fraction of sp³-hybridized carbons (Fsp3) is 0.533. The molecule has 1 aliphatic rings. The van der Waals surface area contributed by atoms with Crippen LogP contribution in [0, 0.1) is 0 Å². The zero-order chi connectivity index (χ0) is 13.8. The van der Waals surface area contributed by atoms with E-state index in [1.165, 1.54) is 0 Å². The molecule has 0 aromatic heterocycles. The molecule has 4 nitrogen and oxygen atoms in total. The number of nitrogens with zero attached hydrogens (tertiary/aromatic N) is 1. The molecule has 2 unspecified atom stereocenters. The Bertz CT molecular complexity index is 448. The molecule has 104 valence electrons. The molecule has 0 radical (unpaired) electrons. The molecule has 1 N–H and O–H groups in total. The fourth-order valence-electron chi connectivity index (χ4n) is 2.47. The lowest BCUT2D eigenvalue weighted by Gasteiger charge is -2.38. The van der Waals surface area contributed by atoms with Crippen LogP contribution in [0.3, 0.4) is 0 Å². The summed E-state index contributed by atoms with van der Waals surface area (Å²) in [6.07, 6.45) is 0. The number of hydrogen-bond acceptors (Lipinski definition) is 3. The SMILES string of the molecule is COCc1cccc(C(=O)N2CCNC(C)C2C)c1. The highest BCUT2D eigenvalue weighted by atomic mass is 16.5. The van der Waals surface area contributed by atoms with Crippen LogP contribution in [0.4, 0.5) is 0 Å². The Morgan fingerprint density at radius 3 is 3.00 bits per heavy atom. The number of hydrogen-bond donors (Lipinski definition) is 1. The van der Waals surface area contributed by atoms with Gasteiger partial charge in [-0.05, 0) is 31.5 Å². The second-order valence-electron chi connectivity index (χ2n) is 5.12. The highest BCUT2D eigenvalue weighted by Gasteiger charge is 2.28. The minimum atomic E-state index is 0.110. The maximum Gasteiger partial charge on any atom is 0.254 e. The van der Waals surface area contributed by atoms with E-state index in [2.05, 4.69) is 19.2 Å². The molecule has 19 heavy (non-hydrogen) atoms. The fourth-order valence-corrected chi connectivity index (χ4v) is 2.47. The first-order valence-electron chi connectivity index (χ1n) is 6.75. The molecule has 0 aliphatic carbocycles. The highest BCUT2D eigenvalue weighted by Crippen LogP contribution is 2.15. The summed E-state index contributed by atoms with van der Waals surface area (Å²) in [6.45, 7) is 6.36. The van der Waals surface area contributed by atoms with E-state index in [1.807, 2.05) is 29.2 Å². The largest absolute Gasteiger partial charge is 0.380 e. The lowest BCUT2D eigenvalue weighted by Crippen LogP contribution is -2.57. The van der Waals surface area contributed by atoms with Crippen LogP contribution in [-0.4, -0.2) is 43.1 Å². The van der Waals surface area contributed by atoms with Gasteiger partial charge < -0.3 is 15.0 Å². The van der Waals surface area contributed by atoms with Gasteiger partial charge in [0.1, 0.15) is 0 Å². The number of benzene rings is 1. The molecule has 0 spiro atoms. The number of amides is 1. The average molecular weight is 262 g/mol. The minimum Gasteiger partial charge on any atom is -0.380 e. The summed E-state index contributed by atoms with van der Waals surface area (Å²) < 4.78 is 5.11. The van der Waals surface area contributed by atoms with Crippen LogP contribution in [-0.2, 0) is 11.3 Å². The lowest BCUT2D eigenvalue weighted by molar-refractivity contribution is 0.0602. The van der Waals surface area contributed by atoms with Crippen molar-refractivity contribution in [3.8, 4) is 0 Å². The van der Waals surface area contributed by atoms with Gasteiger partial charge in [-0.25, -0.2) is 0 Å². The van der Waals surface area contributed by atoms with Crippen molar-refractivity contribution in [2.24, 2.45) is 0 Å². The lowest BCUT2D eigenvalue weighted by atomic mass is 10.0. The maximum absolute atomic E-state index is 12.6. The van der Waals surface area contributed by atoms with Crippen LogP contribution in [0.2, 0.25) is 0 Å². The molecular formula is C15H22N2O2. The van der Waals surface area contributed by atoms with Crippen LogP contribution in [0.1, 0.15) is 29.8 Å². The van der Waals surface area contributed by atoms with Crippen molar-refractivity contribution < 1.29 is 9.53 Å². The summed E-state index contributed by atoms with van der Waals surface area (Å²) in [7, 11) is 1.66. The Morgan fingerprint density at radius 1 is 1.47 bits per heavy atom. The van der Waals surface area contributed by atoms with E-state index in [4.69, 9.17) is 4.74 Å². The van der Waals surface area contributed by atoms with E-state index in [0.717, 1.165) is 24.2 Å². The Kier molecular flexibility index (Phi) is 4.56. The van der Waals surface area contributed by atoms with Crippen LogP contribution >= 0.6 is 0 Å². The number of ether oxygens (including phenoxy) is 1. The third kappa shape index (κ3) is 3.14. The molecule has 4 heteroatoms. The highest BCUT2D eigenvalue weighted by molar-refractivity contribution is 5.94. The topological polar surface area (TPSA) is 41.6 Å². The van der Waals surface area contributed by atoms with Gasteiger partial charge in [-0.2, -0.15) is 0 Å². The van der Waals surface area contributed by atoms with Crippen molar-refractivity contribution in [3.63, 3.8) is 0 Å². The third-order valence-electron chi connectivity index (χ3n) is 3.78. The molecule has 1 aliphatic heterocycles. The van der Waals surface area contributed by atoms with Gasteiger partial charge in [0.25, 0.3) is 5.91 Å². The zero-order valence-electron chi connectivity index (χ0n) is 11.8. The number of rotatable bonds is 3. The Balaban J connectivity index is 2.16. The maximum atomic E-state index is 12.6. The standard InChI is InChI=1S/C15H22N2O2/c1-11-12(2)17(8-7-16-11)15(18)14-6-4-5-13(9-14)10-19-3/h4-6,9,11-12,16H,7-8,10H2,1-3H3. The van der Waals surface area contributed by atoms with Crippen LogP contribution in [0.15, 0.2) is 24.3 Å². The van der Waals surface area contributed by atoms with Gasteiger partial charge in [0.05, 0.1) is 6.61 Å². The molecule has 0 bridgehead atoms. The quantitative estimate of drug-likeness (QED) is 0.900. The predicted molar refractivity (Wildman–Crippen MR) is 75.1 cm³/mol. The summed E-state index contributed by atoms with van der Waals surface area (Å²) >= 11 is 0. The van der Waals surface area contributed by atoms with Gasteiger partial charge in [-0.3, -0.25) is 4.79 Å². The minimum absolute atomic E-state index is 0.110. The molecule has 1 amide bonds. The van der Waals surface area contributed by atoms with Crippen LogP contribution in [0.5, 0.6) is 0 Å². The van der Waals surface area contributed by atoms with Gasteiger partial charge in [0.2, 0.25) is 0 Å². The van der Waals surface area contributed by atoms with Gasteiger partial charge in [-0.15, -0.1) is 0 Å². The van der Waals surface area contributed by atoms with E-state index in [9.17, 15) is 4.79 Å². The molecule has 1 aromatic rings. The van der Waals surface area contributed by atoms with E-state index < -0.39 is 0 Å². The van der Waals surface area contributed by atoms with Crippen molar-refractivity contribution >= 4 is 5.91 Å². The molecular weight excluding hydrogens is 240 g/mol. The van der Waals surface area contributed by atoms with E-state index in [1.54, 1.807) is 7.11 Å². The van der Waals surface area contributed by atoms with E-state index >= 15 is 0 Å². The predicted octanol–water partition coefficient (Wildman–Crippen LogP) is 1.66. The molecule has 1 saturated heterocycles. The Morgan fingerprint density at radius 2 is 2.26 bits per heavy atom. The molecule has 1 heterocycles. The number of piperazine rings is 1. The van der Waals surface area contributed by atoms with E-state index in [0.29, 0.717) is 12.6 Å². The molecule has 2 atom stereocenters. The second-order valence-corrected chi connectivity index (χ2v) is 5.12. The first-order valence-corrected chi connectivity index (χ1v) is 6.75.